The molecule has 35 heavy (non-hydrogen) atoms. The Morgan fingerprint density at radius 1 is 1.20 bits per heavy atom. The minimum atomic E-state index is -0.752. The van der Waals surface area contributed by atoms with Crippen LogP contribution in [0, 0.1) is 9.39 Å². The molecule has 0 radical (unpaired) electrons. The molecule has 4 rings (SSSR count). The van der Waals surface area contributed by atoms with Gasteiger partial charge in [-0.3, -0.25) is 4.79 Å². The molecular weight excluding hydrogens is 568 g/mol. The van der Waals surface area contributed by atoms with Gasteiger partial charge in [-0.05, 0) is 71.3 Å². The summed E-state index contributed by atoms with van der Waals surface area (Å²) in [6, 6.07) is 9.64. The van der Waals surface area contributed by atoms with E-state index < -0.39 is 11.9 Å². The van der Waals surface area contributed by atoms with Crippen LogP contribution < -0.4 is 15.2 Å². The zero-order chi connectivity index (χ0) is 25.1. The third kappa shape index (κ3) is 5.14. The summed E-state index contributed by atoms with van der Waals surface area (Å²) in [6.45, 7) is 2.43. The number of benzene rings is 2. The van der Waals surface area contributed by atoms with Crippen LogP contribution in [0.3, 0.4) is 0 Å². The fourth-order valence-corrected chi connectivity index (χ4v) is 5.07. The van der Waals surface area contributed by atoms with E-state index in [2.05, 4.69) is 22.6 Å². The van der Waals surface area contributed by atoms with Gasteiger partial charge in [-0.25, -0.2) is 9.18 Å². The molecule has 184 valence electrons. The molecule has 1 atom stereocenters. The summed E-state index contributed by atoms with van der Waals surface area (Å²) in [5, 5.41) is 0. The van der Waals surface area contributed by atoms with E-state index in [4.69, 9.17) is 24.7 Å². The van der Waals surface area contributed by atoms with Crippen molar-refractivity contribution in [3.8, 4) is 11.5 Å². The molecule has 0 saturated carbocycles. The van der Waals surface area contributed by atoms with E-state index in [1.165, 1.54) is 19.2 Å². The first-order valence-electron chi connectivity index (χ1n) is 11.2. The quantitative estimate of drug-likeness (QED) is 0.362. The number of ether oxygens (including phenoxy) is 4. The van der Waals surface area contributed by atoms with Crippen molar-refractivity contribution >= 4 is 34.3 Å². The number of ketones is 1. The molecule has 0 unspecified atom stereocenters. The Morgan fingerprint density at radius 2 is 1.94 bits per heavy atom. The molecule has 0 fully saturated rings. The van der Waals surface area contributed by atoms with E-state index in [9.17, 15) is 14.0 Å². The van der Waals surface area contributed by atoms with Crippen molar-refractivity contribution in [2.75, 3.05) is 13.7 Å². The van der Waals surface area contributed by atoms with E-state index in [-0.39, 0.29) is 29.7 Å². The number of carbonyl (C=O) groups is 2. The summed E-state index contributed by atoms with van der Waals surface area (Å²) in [4.78, 5) is 25.7. The number of carbonyl (C=O) groups excluding carboxylic acids is 2. The average molecular weight is 593 g/mol. The monoisotopic (exact) mass is 593 g/mol. The molecule has 1 aliphatic carbocycles. The lowest BCUT2D eigenvalue weighted by Gasteiger charge is -2.32. The summed E-state index contributed by atoms with van der Waals surface area (Å²) < 4.78 is 36.6. The number of nitrogens with two attached hydrogens (primary N) is 1. The summed E-state index contributed by atoms with van der Waals surface area (Å²) in [5.74, 6) is -0.445. The third-order valence-electron chi connectivity index (χ3n) is 5.85. The Hall–Kier alpha value is -3.08. The highest BCUT2D eigenvalue weighted by molar-refractivity contribution is 14.1. The van der Waals surface area contributed by atoms with Crippen LogP contribution in [0.4, 0.5) is 4.39 Å². The maximum absolute atomic E-state index is 13.2. The number of allylic oxidation sites excluding steroid dienone is 2. The Morgan fingerprint density at radius 3 is 2.63 bits per heavy atom. The van der Waals surface area contributed by atoms with Crippen LogP contribution in [0.1, 0.15) is 43.2 Å². The van der Waals surface area contributed by atoms with Crippen LogP contribution in [0.2, 0.25) is 0 Å². The second kappa shape index (κ2) is 10.7. The van der Waals surface area contributed by atoms with Gasteiger partial charge in [-0.15, -0.1) is 0 Å². The second-order valence-corrected chi connectivity index (χ2v) is 9.26. The number of Topliss-reactive ketones (excluding diaryl/α,β-unsaturated/α-hetero) is 1. The maximum Gasteiger partial charge on any atom is 0.340 e. The van der Waals surface area contributed by atoms with E-state index in [1.54, 1.807) is 18.2 Å². The molecule has 1 heterocycles. The van der Waals surface area contributed by atoms with Crippen LogP contribution in [-0.4, -0.2) is 25.5 Å². The lowest BCUT2D eigenvalue weighted by atomic mass is 9.77. The first kappa shape index (κ1) is 25.0. The van der Waals surface area contributed by atoms with E-state index in [0.717, 1.165) is 5.56 Å². The number of rotatable bonds is 7. The van der Waals surface area contributed by atoms with Crippen LogP contribution in [-0.2, 0) is 25.7 Å². The molecule has 7 nitrogen and oxygen atoms in total. The predicted molar refractivity (Wildman–Crippen MR) is 134 cm³/mol. The van der Waals surface area contributed by atoms with Crippen molar-refractivity contribution in [2.24, 2.45) is 5.73 Å². The zero-order valence-electron chi connectivity index (χ0n) is 19.4. The smallest absolute Gasteiger partial charge is 0.340 e. The molecular formula is C26H25FINO6. The Balaban J connectivity index is 1.78. The molecule has 0 saturated heterocycles. The highest BCUT2D eigenvalue weighted by atomic mass is 127. The van der Waals surface area contributed by atoms with Crippen LogP contribution in [0.25, 0.3) is 0 Å². The van der Waals surface area contributed by atoms with Gasteiger partial charge in [0.05, 0.1) is 23.2 Å². The van der Waals surface area contributed by atoms with Crippen molar-refractivity contribution < 1.29 is 32.9 Å². The van der Waals surface area contributed by atoms with Crippen molar-refractivity contribution in [3.05, 3.63) is 79.7 Å². The Kier molecular flexibility index (Phi) is 7.63. The molecule has 2 aromatic rings. The molecule has 2 aliphatic rings. The van der Waals surface area contributed by atoms with Crippen molar-refractivity contribution in [1.82, 2.24) is 0 Å². The minimum absolute atomic E-state index is 0.0695. The first-order valence-corrected chi connectivity index (χ1v) is 12.3. The number of esters is 1. The Labute approximate surface area is 216 Å². The standard InChI is InChI=1S/C26H25FINO6/c1-3-33-20-12-15(11-17(28)24(20)34-13-14-7-9-16(27)10-8-14)21-22-18(30)5-4-6-19(22)35-25(29)23(21)26(31)32-2/h7-12,21H,3-6,13,29H2,1-2H3/t21-/m1/s1. The van der Waals surface area contributed by atoms with Crippen LogP contribution >= 0.6 is 22.6 Å². The van der Waals surface area contributed by atoms with Crippen molar-refractivity contribution in [2.45, 2.75) is 38.7 Å². The van der Waals surface area contributed by atoms with Gasteiger partial charge in [0, 0.05) is 18.4 Å². The van der Waals surface area contributed by atoms with Gasteiger partial charge in [-0.1, -0.05) is 12.1 Å². The van der Waals surface area contributed by atoms with Gasteiger partial charge in [0.1, 0.15) is 23.8 Å². The lowest BCUT2D eigenvalue weighted by Crippen LogP contribution is -2.31. The number of hydrogen-bond donors (Lipinski definition) is 1. The van der Waals surface area contributed by atoms with Gasteiger partial charge < -0.3 is 24.7 Å². The SMILES string of the molecule is CCOc1cc([C@H]2C(C(=O)OC)=C(N)OC3=C2C(=O)CCC3)cc(I)c1OCc1ccc(F)cc1. The number of hydrogen-bond acceptors (Lipinski definition) is 7. The normalized spacial score (nSPS) is 17.6. The number of halogens is 2. The topological polar surface area (TPSA) is 97.1 Å². The van der Waals surface area contributed by atoms with Gasteiger partial charge in [0.2, 0.25) is 5.88 Å². The molecule has 0 amide bonds. The van der Waals surface area contributed by atoms with Crippen molar-refractivity contribution in [1.29, 1.82) is 0 Å². The second-order valence-electron chi connectivity index (χ2n) is 8.10. The molecule has 0 bridgehead atoms. The first-order chi connectivity index (χ1) is 16.8. The molecule has 2 N–H and O–H groups in total. The average Bonchev–Trinajstić information content (AvgIpc) is 2.83. The predicted octanol–water partition coefficient (Wildman–Crippen LogP) is 4.87. The van der Waals surface area contributed by atoms with Gasteiger partial charge >= 0.3 is 5.97 Å². The zero-order valence-corrected chi connectivity index (χ0v) is 21.5. The lowest BCUT2D eigenvalue weighted by molar-refractivity contribution is -0.136. The highest BCUT2D eigenvalue weighted by Crippen LogP contribution is 2.46. The van der Waals surface area contributed by atoms with Crippen LogP contribution in [0.15, 0.2) is 59.2 Å². The fraction of sp³-hybridized carbons (Fsp3) is 0.308. The molecule has 0 spiro atoms. The summed E-state index contributed by atoms with van der Waals surface area (Å²) in [7, 11) is 1.26. The highest BCUT2D eigenvalue weighted by Gasteiger charge is 2.41. The van der Waals surface area contributed by atoms with Crippen molar-refractivity contribution in [3.63, 3.8) is 0 Å². The van der Waals surface area contributed by atoms with E-state index in [0.29, 0.717) is 57.8 Å². The molecule has 1 aliphatic heterocycles. The Bertz CT molecular complexity index is 1220. The maximum atomic E-state index is 13.2. The minimum Gasteiger partial charge on any atom is -0.490 e. The number of methoxy groups -OCH3 is 1. The summed E-state index contributed by atoms with van der Waals surface area (Å²) >= 11 is 2.13. The molecule has 9 heteroatoms. The van der Waals surface area contributed by atoms with E-state index in [1.807, 2.05) is 13.0 Å². The third-order valence-corrected chi connectivity index (χ3v) is 6.65. The summed E-state index contributed by atoms with van der Waals surface area (Å²) in [5.41, 5.74) is 8.09. The van der Waals surface area contributed by atoms with Gasteiger partial charge in [0.15, 0.2) is 17.3 Å². The van der Waals surface area contributed by atoms with Gasteiger partial charge in [0.25, 0.3) is 0 Å². The fourth-order valence-electron chi connectivity index (χ4n) is 4.29. The molecule has 0 aromatic heterocycles. The molecule has 2 aromatic carbocycles. The summed E-state index contributed by atoms with van der Waals surface area (Å²) in [6.07, 6.45) is 1.57. The van der Waals surface area contributed by atoms with Gasteiger partial charge in [-0.2, -0.15) is 0 Å². The largest absolute Gasteiger partial charge is 0.490 e. The van der Waals surface area contributed by atoms with Crippen LogP contribution in [0.5, 0.6) is 11.5 Å². The van der Waals surface area contributed by atoms with E-state index >= 15 is 0 Å².